The molecule has 21 heavy (non-hydrogen) atoms. The maximum absolute atomic E-state index is 12.4. The molecule has 0 aromatic heterocycles. The first-order valence-electron chi connectivity index (χ1n) is 7.41. The third-order valence-electron chi connectivity index (χ3n) is 3.44. The van der Waals surface area contributed by atoms with Crippen molar-refractivity contribution in [3.8, 4) is 5.75 Å². The highest BCUT2D eigenvalue weighted by molar-refractivity contribution is 5.82. The van der Waals surface area contributed by atoms with Crippen LogP contribution in [-0.4, -0.2) is 60.6 Å². The molecule has 5 heteroatoms. The molecule has 1 rings (SSSR count). The lowest BCUT2D eigenvalue weighted by atomic mass is 10.1. The summed E-state index contributed by atoms with van der Waals surface area (Å²) < 4.78 is 0. The number of rotatable bonds is 8. The Hall–Kier alpha value is -1.59. The summed E-state index contributed by atoms with van der Waals surface area (Å²) in [5, 5.41) is 9.26. The van der Waals surface area contributed by atoms with E-state index in [1.54, 1.807) is 24.3 Å². The highest BCUT2D eigenvalue weighted by Gasteiger charge is 2.19. The number of nitrogens with zero attached hydrogens (tertiary/aromatic N) is 2. The lowest BCUT2D eigenvalue weighted by molar-refractivity contribution is -0.132. The molecule has 0 saturated carbocycles. The zero-order chi connectivity index (χ0) is 15.8. The molecule has 0 unspecified atom stereocenters. The third kappa shape index (κ3) is 6.14. The quantitative estimate of drug-likeness (QED) is 0.752. The van der Waals surface area contributed by atoms with Crippen LogP contribution in [0.3, 0.4) is 0 Å². The van der Waals surface area contributed by atoms with E-state index in [4.69, 9.17) is 5.73 Å². The molecule has 1 atom stereocenters. The van der Waals surface area contributed by atoms with Gasteiger partial charge in [0.25, 0.3) is 0 Å². The Morgan fingerprint density at radius 3 is 2.38 bits per heavy atom. The zero-order valence-corrected chi connectivity index (χ0v) is 13.2. The van der Waals surface area contributed by atoms with Gasteiger partial charge in [0, 0.05) is 13.1 Å². The number of phenolic OH excluding ortho intramolecular Hbond substituents is 1. The van der Waals surface area contributed by atoms with Crippen molar-refractivity contribution in [3.63, 3.8) is 0 Å². The van der Waals surface area contributed by atoms with Gasteiger partial charge in [0.15, 0.2) is 0 Å². The van der Waals surface area contributed by atoms with E-state index in [-0.39, 0.29) is 11.7 Å². The highest BCUT2D eigenvalue weighted by atomic mass is 16.3. The van der Waals surface area contributed by atoms with E-state index in [1.807, 2.05) is 25.9 Å². The zero-order valence-electron chi connectivity index (χ0n) is 13.2. The van der Waals surface area contributed by atoms with Gasteiger partial charge in [0.2, 0.25) is 5.91 Å². The largest absolute Gasteiger partial charge is 0.508 e. The predicted molar refractivity (Wildman–Crippen MR) is 85.2 cm³/mol. The van der Waals surface area contributed by atoms with Gasteiger partial charge >= 0.3 is 0 Å². The minimum absolute atomic E-state index is 0.00988. The van der Waals surface area contributed by atoms with Crippen LogP contribution in [0.1, 0.15) is 18.9 Å². The Kier molecular flexibility index (Phi) is 7.19. The average Bonchev–Trinajstić information content (AvgIpc) is 2.45. The van der Waals surface area contributed by atoms with Gasteiger partial charge in [-0.05, 0) is 58.1 Å². The Labute approximate surface area is 127 Å². The Balaban J connectivity index is 2.52. The monoisotopic (exact) mass is 293 g/mol. The van der Waals surface area contributed by atoms with Crippen molar-refractivity contribution >= 4 is 5.91 Å². The number of hydrogen-bond donors (Lipinski definition) is 2. The van der Waals surface area contributed by atoms with Gasteiger partial charge in [-0.3, -0.25) is 4.79 Å². The number of aromatic hydroxyl groups is 1. The number of phenols is 1. The second-order valence-corrected chi connectivity index (χ2v) is 5.55. The molecule has 0 aliphatic carbocycles. The van der Waals surface area contributed by atoms with Crippen molar-refractivity contribution in [2.75, 3.05) is 33.7 Å². The summed E-state index contributed by atoms with van der Waals surface area (Å²) in [5.74, 6) is 0.210. The van der Waals surface area contributed by atoms with Crippen molar-refractivity contribution in [1.82, 2.24) is 9.80 Å². The fourth-order valence-electron chi connectivity index (χ4n) is 2.21. The fourth-order valence-corrected chi connectivity index (χ4v) is 2.21. The second-order valence-electron chi connectivity index (χ2n) is 5.55. The van der Waals surface area contributed by atoms with Crippen molar-refractivity contribution < 1.29 is 9.90 Å². The molecule has 0 radical (unpaired) electrons. The molecule has 1 amide bonds. The summed E-state index contributed by atoms with van der Waals surface area (Å²) in [6, 6.07) is 6.28. The van der Waals surface area contributed by atoms with Crippen molar-refractivity contribution in [3.05, 3.63) is 29.8 Å². The number of nitrogens with two attached hydrogens (primary N) is 1. The molecule has 0 aliphatic rings. The van der Waals surface area contributed by atoms with Crippen molar-refractivity contribution in [1.29, 1.82) is 0 Å². The lowest BCUT2D eigenvalue weighted by Crippen LogP contribution is -2.45. The van der Waals surface area contributed by atoms with Crippen LogP contribution in [0.5, 0.6) is 5.75 Å². The van der Waals surface area contributed by atoms with Crippen molar-refractivity contribution in [2.24, 2.45) is 5.73 Å². The van der Waals surface area contributed by atoms with Crippen LogP contribution in [-0.2, 0) is 11.2 Å². The molecule has 0 bridgehead atoms. The SMILES string of the molecule is CCN(CCCN(C)C)C(=O)[C@@H](N)Cc1ccc(O)cc1. The first kappa shape index (κ1) is 17.5. The van der Waals surface area contributed by atoms with Crippen molar-refractivity contribution in [2.45, 2.75) is 25.8 Å². The first-order valence-corrected chi connectivity index (χ1v) is 7.41. The van der Waals surface area contributed by atoms with Crippen LogP contribution in [0, 0.1) is 0 Å². The molecule has 0 fully saturated rings. The van der Waals surface area contributed by atoms with Crippen LogP contribution in [0.2, 0.25) is 0 Å². The Morgan fingerprint density at radius 2 is 1.86 bits per heavy atom. The molecule has 118 valence electrons. The van der Waals surface area contributed by atoms with Gasteiger partial charge in [0.1, 0.15) is 5.75 Å². The van der Waals surface area contributed by atoms with Gasteiger partial charge in [-0.15, -0.1) is 0 Å². The average molecular weight is 293 g/mol. The minimum Gasteiger partial charge on any atom is -0.508 e. The molecule has 5 nitrogen and oxygen atoms in total. The maximum atomic E-state index is 12.4. The molecule has 3 N–H and O–H groups in total. The molecule has 0 saturated heterocycles. The summed E-state index contributed by atoms with van der Waals surface area (Å²) in [4.78, 5) is 16.3. The van der Waals surface area contributed by atoms with Crippen LogP contribution in [0.4, 0.5) is 0 Å². The number of carbonyl (C=O) groups excluding carboxylic acids is 1. The number of hydrogen-bond acceptors (Lipinski definition) is 4. The highest BCUT2D eigenvalue weighted by Crippen LogP contribution is 2.11. The topological polar surface area (TPSA) is 69.8 Å². The molecule has 1 aromatic carbocycles. The van der Waals surface area contributed by atoms with Gasteiger partial charge < -0.3 is 20.6 Å². The fraction of sp³-hybridized carbons (Fsp3) is 0.562. The van der Waals surface area contributed by atoms with Crippen LogP contribution in [0.15, 0.2) is 24.3 Å². The lowest BCUT2D eigenvalue weighted by Gasteiger charge is -2.25. The Morgan fingerprint density at radius 1 is 1.24 bits per heavy atom. The van der Waals surface area contributed by atoms with E-state index in [0.717, 1.165) is 25.1 Å². The standard InChI is InChI=1S/C16H27N3O2/c1-4-19(11-5-10-18(2)3)16(21)15(17)12-13-6-8-14(20)9-7-13/h6-9,15,20H,4-5,10-12,17H2,1-3H3/t15-/m0/s1. The van der Waals surface area contributed by atoms with Gasteiger partial charge in [0.05, 0.1) is 6.04 Å². The number of benzene rings is 1. The number of amides is 1. The summed E-state index contributed by atoms with van der Waals surface area (Å²) in [5.41, 5.74) is 6.99. The predicted octanol–water partition coefficient (Wildman–Crippen LogP) is 1.06. The minimum atomic E-state index is -0.533. The Bertz CT molecular complexity index is 432. The van der Waals surface area contributed by atoms with E-state index in [2.05, 4.69) is 4.90 Å². The summed E-state index contributed by atoms with van der Waals surface area (Å²) >= 11 is 0. The van der Waals surface area contributed by atoms with E-state index in [9.17, 15) is 9.90 Å². The van der Waals surface area contributed by atoms with E-state index < -0.39 is 6.04 Å². The van der Waals surface area contributed by atoms with Crippen LogP contribution < -0.4 is 5.73 Å². The molecule has 0 spiro atoms. The van der Waals surface area contributed by atoms with E-state index >= 15 is 0 Å². The van der Waals surface area contributed by atoms with Gasteiger partial charge in [-0.1, -0.05) is 12.1 Å². The summed E-state index contributed by atoms with van der Waals surface area (Å²) in [6.07, 6.45) is 1.43. The number of carbonyl (C=O) groups is 1. The van der Waals surface area contributed by atoms with Gasteiger partial charge in [-0.25, -0.2) is 0 Å². The maximum Gasteiger partial charge on any atom is 0.239 e. The molecular formula is C16H27N3O2. The summed E-state index contributed by atoms with van der Waals surface area (Å²) in [7, 11) is 4.04. The first-order chi connectivity index (χ1) is 9.93. The van der Waals surface area contributed by atoms with Gasteiger partial charge in [-0.2, -0.15) is 0 Å². The molecule has 1 aromatic rings. The van der Waals surface area contributed by atoms with Crippen LogP contribution >= 0.6 is 0 Å². The summed E-state index contributed by atoms with van der Waals surface area (Å²) in [6.45, 7) is 4.34. The number of likely N-dealkylation sites (N-methyl/N-ethyl adjacent to an activating group) is 1. The third-order valence-corrected chi connectivity index (χ3v) is 3.44. The smallest absolute Gasteiger partial charge is 0.239 e. The second kappa shape index (κ2) is 8.64. The van der Waals surface area contributed by atoms with E-state index in [1.165, 1.54) is 0 Å². The van der Waals surface area contributed by atoms with Crippen LogP contribution in [0.25, 0.3) is 0 Å². The normalized spacial score (nSPS) is 12.4. The molecular weight excluding hydrogens is 266 g/mol. The molecule has 0 heterocycles. The molecule has 0 aliphatic heterocycles. The van der Waals surface area contributed by atoms with E-state index in [0.29, 0.717) is 13.0 Å².